The summed E-state index contributed by atoms with van der Waals surface area (Å²) in [6, 6.07) is 0.407. The molecular formula is C7H14ClNO2. The molecule has 2 atom stereocenters. The summed E-state index contributed by atoms with van der Waals surface area (Å²) in [6.45, 7) is 2.07. The minimum Gasteiger partial charge on any atom is -0.468 e. The molecule has 1 rings (SSSR count). The van der Waals surface area contributed by atoms with E-state index in [0.717, 1.165) is 12.8 Å². The summed E-state index contributed by atoms with van der Waals surface area (Å²) < 4.78 is 4.58. The number of hydrogen-bond acceptors (Lipinski definition) is 3. The van der Waals surface area contributed by atoms with Gasteiger partial charge in [0.25, 0.3) is 0 Å². The smallest absolute Gasteiger partial charge is 0.322 e. The Morgan fingerprint density at radius 3 is 2.55 bits per heavy atom. The van der Waals surface area contributed by atoms with Gasteiger partial charge in [0, 0.05) is 6.04 Å². The van der Waals surface area contributed by atoms with Crippen molar-refractivity contribution in [1.82, 2.24) is 5.32 Å². The maximum atomic E-state index is 10.9. The molecule has 1 heterocycles. The summed E-state index contributed by atoms with van der Waals surface area (Å²) in [5, 5.41) is 3.13. The third-order valence-corrected chi connectivity index (χ3v) is 1.86. The van der Waals surface area contributed by atoms with Crippen LogP contribution >= 0.6 is 12.4 Å². The van der Waals surface area contributed by atoms with Crippen molar-refractivity contribution >= 4 is 18.4 Å². The van der Waals surface area contributed by atoms with Crippen LogP contribution in [0.15, 0.2) is 0 Å². The minimum absolute atomic E-state index is 0. The first-order valence-corrected chi connectivity index (χ1v) is 3.58. The molecule has 0 radical (unpaired) electrons. The minimum atomic E-state index is -0.135. The lowest BCUT2D eigenvalue weighted by atomic mass is 10.2. The van der Waals surface area contributed by atoms with Crippen molar-refractivity contribution in [3.63, 3.8) is 0 Å². The van der Waals surface area contributed by atoms with E-state index in [1.165, 1.54) is 7.11 Å². The van der Waals surface area contributed by atoms with E-state index in [0.29, 0.717) is 6.04 Å². The molecule has 4 heteroatoms. The average Bonchev–Trinajstić information content (AvgIpc) is 2.34. The maximum absolute atomic E-state index is 10.9. The van der Waals surface area contributed by atoms with E-state index >= 15 is 0 Å². The zero-order valence-corrected chi connectivity index (χ0v) is 7.61. The standard InChI is InChI=1S/C7H13NO2.ClH/c1-5-3-4-6(8-5)7(9)10-2;/h5-6,8H,3-4H2,1-2H3;1H/t5-,6-;/m0./s1. The van der Waals surface area contributed by atoms with Gasteiger partial charge in [0.05, 0.1) is 7.11 Å². The van der Waals surface area contributed by atoms with E-state index in [1.807, 2.05) is 0 Å². The molecule has 1 fully saturated rings. The number of methoxy groups -OCH3 is 1. The first-order valence-electron chi connectivity index (χ1n) is 3.58. The van der Waals surface area contributed by atoms with E-state index in [-0.39, 0.29) is 24.4 Å². The van der Waals surface area contributed by atoms with Crippen LogP contribution in [0.3, 0.4) is 0 Å². The summed E-state index contributed by atoms with van der Waals surface area (Å²) in [5.41, 5.74) is 0. The monoisotopic (exact) mass is 179 g/mol. The molecule has 0 aromatic carbocycles. The van der Waals surface area contributed by atoms with Crippen molar-refractivity contribution in [3.05, 3.63) is 0 Å². The predicted octanol–water partition coefficient (Wildman–Crippen LogP) is 0.722. The molecule has 11 heavy (non-hydrogen) atoms. The Balaban J connectivity index is 0.000001000. The van der Waals surface area contributed by atoms with Gasteiger partial charge >= 0.3 is 5.97 Å². The zero-order valence-electron chi connectivity index (χ0n) is 6.79. The number of carbonyl (C=O) groups excluding carboxylic acids is 1. The van der Waals surface area contributed by atoms with Crippen LogP contribution in [-0.4, -0.2) is 25.2 Å². The molecular weight excluding hydrogens is 166 g/mol. The van der Waals surface area contributed by atoms with Crippen molar-refractivity contribution in [2.75, 3.05) is 7.11 Å². The third-order valence-electron chi connectivity index (χ3n) is 1.86. The van der Waals surface area contributed by atoms with Crippen molar-refractivity contribution in [2.45, 2.75) is 31.8 Å². The molecule has 0 amide bonds. The fourth-order valence-electron chi connectivity index (χ4n) is 1.25. The van der Waals surface area contributed by atoms with Crippen molar-refractivity contribution in [3.8, 4) is 0 Å². The molecule has 0 aliphatic carbocycles. The van der Waals surface area contributed by atoms with Gasteiger partial charge in [0.2, 0.25) is 0 Å². The second-order valence-corrected chi connectivity index (χ2v) is 2.72. The molecule has 0 unspecified atom stereocenters. The summed E-state index contributed by atoms with van der Waals surface area (Å²) >= 11 is 0. The van der Waals surface area contributed by atoms with Crippen molar-refractivity contribution in [1.29, 1.82) is 0 Å². The highest BCUT2D eigenvalue weighted by Gasteiger charge is 2.26. The van der Waals surface area contributed by atoms with Crippen LogP contribution in [0.25, 0.3) is 0 Å². The molecule has 0 aromatic rings. The third kappa shape index (κ3) is 2.67. The fraction of sp³-hybridized carbons (Fsp3) is 0.857. The molecule has 3 nitrogen and oxygen atoms in total. The number of ether oxygens (including phenoxy) is 1. The Morgan fingerprint density at radius 1 is 1.55 bits per heavy atom. The topological polar surface area (TPSA) is 38.3 Å². The number of esters is 1. The van der Waals surface area contributed by atoms with E-state index in [2.05, 4.69) is 17.0 Å². The molecule has 1 N–H and O–H groups in total. The lowest BCUT2D eigenvalue weighted by Gasteiger charge is -2.07. The highest BCUT2D eigenvalue weighted by atomic mass is 35.5. The van der Waals surface area contributed by atoms with Crippen LogP contribution in [-0.2, 0) is 9.53 Å². The number of hydrogen-bond donors (Lipinski definition) is 1. The van der Waals surface area contributed by atoms with E-state index < -0.39 is 0 Å². The number of nitrogens with one attached hydrogen (secondary N) is 1. The van der Waals surface area contributed by atoms with Gasteiger partial charge in [-0.2, -0.15) is 0 Å². The van der Waals surface area contributed by atoms with Gasteiger partial charge < -0.3 is 10.1 Å². The van der Waals surface area contributed by atoms with Gasteiger partial charge in [-0.1, -0.05) is 0 Å². The van der Waals surface area contributed by atoms with Gasteiger partial charge in [-0.15, -0.1) is 12.4 Å². The van der Waals surface area contributed by atoms with Gasteiger partial charge in [-0.05, 0) is 19.8 Å². The normalized spacial score (nSPS) is 29.3. The molecule has 1 saturated heterocycles. The van der Waals surface area contributed by atoms with Crippen molar-refractivity contribution in [2.24, 2.45) is 0 Å². The van der Waals surface area contributed by atoms with Crippen LogP contribution in [0.5, 0.6) is 0 Å². The Bertz CT molecular complexity index is 140. The maximum Gasteiger partial charge on any atom is 0.322 e. The van der Waals surface area contributed by atoms with Gasteiger partial charge in [0.1, 0.15) is 6.04 Å². The van der Waals surface area contributed by atoms with Gasteiger partial charge in [-0.3, -0.25) is 4.79 Å². The number of rotatable bonds is 1. The Labute approximate surface area is 72.9 Å². The predicted molar refractivity (Wildman–Crippen MR) is 44.9 cm³/mol. The Kier molecular flexibility index (Phi) is 4.45. The van der Waals surface area contributed by atoms with E-state index in [4.69, 9.17) is 0 Å². The summed E-state index contributed by atoms with van der Waals surface area (Å²) in [7, 11) is 1.42. The van der Waals surface area contributed by atoms with E-state index in [9.17, 15) is 4.79 Å². The van der Waals surface area contributed by atoms with Gasteiger partial charge in [0.15, 0.2) is 0 Å². The van der Waals surface area contributed by atoms with Crippen LogP contribution in [0.1, 0.15) is 19.8 Å². The average molecular weight is 180 g/mol. The molecule has 1 aliphatic heterocycles. The highest BCUT2D eigenvalue weighted by molar-refractivity contribution is 5.85. The molecule has 1 aliphatic rings. The van der Waals surface area contributed by atoms with Crippen LogP contribution in [0.4, 0.5) is 0 Å². The number of carbonyl (C=O) groups is 1. The molecule has 0 spiro atoms. The molecule has 0 saturated carbocycles. The van der Waals surface area contributed by atoms with Crippen LogP contribution in [0.2, 0.25) is 0 Å². The Morgan fingerprint density at radius 2 is 2.18 bits per heavy atom. The molecule has 66 valence electrons. The molecule has 0 bridgehead atoms. The lowest BCUT2D eigenvalue weighted by Crippen LogP contribution is -2.34. The van der Waals surface area contributed by atoms with Crippen LogP contribution < -0.4 is 5.32 Å². The number of halogens is 1. The molecule has 0 aromatic heterocycles. The Hall–Kier alpha value is -0.280. The summed E-state index contributed by atoms with van der Waals surface area (Å²) in [6.07, 6.45) is 1.98. The van der Waals surface area contributed by atoms with Crippen LogP contribution in [0, 0.1) is 0 Å². The summed E-state index contributed by atoms with van der Waals surface area (Å²) in [5.74, 6) is -0.135. The van der Waals surface area contributed by atoms with Gasteiger partial charge in [-0.25, -0.2) is 0 Å². The van der Waals surface area contributed by atoms with Crippen molar-refractivity contribution < 1.29 is 9.53 Å². The fourth-order valence-corrected chi connectivity index (χ4v) is 1.25. The largest absolute Gasteiger partial charge is 0.468 e. The zero-order chi connectivity index (χ0) is 7.56. The SMILES string of the molecule is COC(=O)[C@@H]1CC[C@H](C)N1.Cl. The second-order valence-electron chi connectivity index (χ2n) is 2.72. The first-order chi connectivity index (χ1) is 4.74. The first kappa shape index (κ1) is 10.7. The highest BCUT2D eigenvalue weighted by Crippen LogP contribution is 2.11. The second kappa shape index (κ2) is 4.57. The quantitative estimate of drug-likeness (QED) is 0.603. The van der Waals surface area contributed by atoms with E-state index in [1.54, 1.807) is 0 Å². The lowest BCUT2D eigenvalue weighted by molar-refractivity contribution is -0.142. The summed E-state index contributed by atoms with van der Waals surface area (Å²) in [4.78, 5) is 10.9.